The number of carbonyl (C=O) groups excluding carboxylic acids is 1. The summed E-state index contributed by atoms with van der Waals surface area (Å²) < 4.78 is 10.8. The Balaban J connectivity index is 0.00000243. The molecule has 1 N–H and O–H groups in total. The summed E-state index contributed by atoms with van der Waals surface area (Å²) in [6.07, 6.45) is 5.82. The Morgan fingerprint density at radius 2 is 1.92 bits per heavy atom. The second kappa shape index (κ2) is 10.8. The molecule has 2 aliphatic heterocycles. The van der Waals surface area contributed by atoms with Gasteiger partial charge in [0.25, 0.3) is 0 Å². The van der Waals surface area contributed by atoms with Crippen LogP contribution in [0.15, 0.2) is 24.3 Å². The summed E-state index contributed by atoms with van der Waals surface area (Å²) >= 11 is 0. The third-order valence-corrected chi connectivity index (χ3v) is 5.20. The number of nitrogens with one attached hydrogen (secondary N) is 1. The van der Waals surface area contributed by atoms with Crippen LogP contribution in [0, 0.1) is 0 Å². The largest absolute Gasteiger partial charge is 0.494 e. The van der Waals surface area contributed by atoms with Crippen LogP contribution in [-0.4, -0.2) is 56.3 Å². The zero-order valence-corrected chi connectivity index (χ0v) is 16.4. The molecule has 6 heteroatoms. The normalized spacial score (nSPS) is 21.8. The van der Waals surface area contributed by atoms with Gasteiger partial charge < -0.3 is 19.7 Å². The third kappa shape index (κ3) is 6.15. The van der Waals surface area contributed by atoms with E-state index in [1.165, 1.54) is 18.4 Å². The number of ether oxygens (including phenoxy) is 2. The number of fused-ring (bicyclic) bond motifs is 2. The zero-order valence-electron chi connectivity index (χ0n) is 15.6. The van der Waals surface area contributed by atoms with Crippen LogP contribution in [0.3, 0.4) is 0 Å². The Hall–Kier alpha value is -1.30. The number of hydrogen-bond donors (Lipinski definition) is 1. The molecular weight excluding hydrogens is 352 g/mol. The monoisotopic (exact) mass is 382 g/mol. The molecule has 0 aliphatic carbocycles. The fourth-order valence-corrected chi connectivity index (χ4v) is 3.71. The average molecular weight is 383 g/mol. The number of methoxy groups -OCH3 is 1. The number of carbonyl (C=O) groups is 1. The lowest BCUT2D eigenvalue weighted by Gasteiger charge is -2.24. The quantitative estimate of drug-likeness (QED) is 0.702. The van der Waals surface area contributed by atoms with Crippen molar-refractivity contribution in [3.05, 3.63) is 29.8 Å². The van der Waals surface area contributed by atoms with E-state index in [1.807, 2.05) is 17.0 Å². The van der Waals surface area contributed by atoms with E-state index >= 15 is 0 Å². The molecule has 1 aromatic rings. The molecule has 26 heavy (non-hydrogen) atoms. The number of benzene rings is 1. The first-order valence-corrected chi connectivity index (χ1v) is 9.49. The Labute approximate surface area is 162 Å². The first-order chi connectivity index (χ1) is 12.2. The second-order valence-corrected chi connectivity index (χ2v) is 7.11. The molecule has 1 aromatic carbocycles. The maximum Gasteiger partial charge on any atom is 0.222 e. The van der Waals surface area contributed by atoms with Gasteiger partial charge in [-0.05, 0) is 49.8 Å². The van der Waals surface area contributed by atoms with E-state index < -0.39 is 0 Å². The van der Waals surface area contributed by atoms with Gasteiger partial charge in [0.05, 0.1) is 13.2 Å². The summed E-state index contributed by atoms with van der Waals surface area (Å²) in [4.78, 5) is 14.5. The minimum absolute atomic E-state index is 0. The van der Waals surface area contributed by atoms with Gasteiger partial charge in [-0.15, -0.1) is 12.4 Å². The Morgan fingerprint density at radius 3 is 2.69 bits per heavy atom. The van der Waals surface area contributed by atoms with Gasteiger partial charge >= 0.3 is 0 Å². The third-order valence-electron chi connectivity index (χ3n) is 5.20. The highest BCUT2D eigenvalue weighted by molar-refractivity contribution is 5.85. The van der Waals surface area contributed by atoms with Crippen LogP contribution in [-0.2, 0) is 16.0 Å². The molecule has 2 atom stereocenters. The molecule has 0 saturated carbocycles. The smallest absolute Gasteiger partial charge is 0.222 e. The molecule has 2 aliphatic rings. The summed E-state index contributed by atoms with van der Waals surface area (Å²) in [5.74, 6) is 1.14. The lowest BCUT2D eigenvalue weighted by atomic mass is 10.1. The van der Waals surface area contributed by atoms with Crippen LogP contribution in [0.1, 0.15) is 37.7 Å². The van der Waals surface area contributed by atoms with E-state index in [-0.39, 0.29) is 18.3 Å². The lowest BCUT2D eigenvalue weighted by molar-refractivity contribution is -0.131. The number of nitrogens with zero attached hydrogens (tertiary/aromatic N) is 1. The van der Waals surface area contributed by atoms with Crippen molar-refractivity contribution in [2.45, 2.75) is 50.6 Å². The second-order valence-electron chi connectivity index (χ2n) is 7.11. The Kier molecular flexibility index (Phi) is 8.69. The van der Waals surface area contributed by atoms with Crippen LogP contribution in [0.4, 0.5) is 0 Å². The van der Waals surface area contributed by atoms with E-state index in [4.69, 9.17) is 9.47 Å². The van der Waals surface area contributed by atoms with E-state index in [9.17, 15) is 4.79 Å². The predicted octanol–water partition coefficient (Wildman–Crippen LogP) is 2.81. The number of halogens is 1. The topological polar surface area (TPSA) is 50.8 Å². The van der Waals surface area contributed by atoms with Gasteiger partial charge in [-0.2, -0.15) is 0 Å². The van der Waals surface area contributed by atoms with Crippen molar-refractivity contribution in [3.63, 3.8) is 0 Å². The zero-order chi connectivity index (χ0) is 17.5. The van der Waals surface area contributed by atoms with Crippen molar-refractivity contribution in [2.24, 2.45) is 0 Å². The van der Waals surface area contributed by atoms with Crippen molar-refractivity contribution in [1.82, 2.24) is 10.2 Å². The summed E-state index contributed by atoms with van der Waals surface area (Å²) in [6.45, 7) is 3.09. The van der Waals surface area contributed by atoms with E-state index in [2.05, 4.69) is 17.4 Å². The number of hydrogen-bond acceptors (Lipinski definition) is 4. The van der Waals surface area contributed by atoms with Crippen molar-refractivity contribution < 1.29 is 14.3 Å². The minimum atomic E-state index is 0. The highest BCUT2D eigenvalue weighted by atomic mass is 35.5. The molecule has 1 amide bonds. The van der Waals surface area contributed by atoms with Gasteiger partial charge in [0, 0.05) is 38.7 Å². The molecule has 3 rings (SSSR count). The maximum atomic E-state index is 12.4. The molecule has 2 heterocycles. The molecule has 2 saturated heterocycles. The van der Waals surface area contributed by atoms with Crippen LogP contribution >= 0.6 is 12.4 Å². The fraction of sp³-hybridized carbons (Fsp3) is 0.650. The molecule has 0 radical (unpaired) electrons. The fourth-order valence-electron chi connectivity index (χ4n) is 3.71. The number of rotatable bonds is 8. The minimum Gasteiger partial charge on any atom is -0.494 e. The van der Waals surface area contributed by atoms with Gasteiger partial charge in [0.15, 0.2) is 0 Å². The standard InChI is InChI=1S/C20H30N2O3.ClH/c1-24-14-11-16-4-8-19(9-5-16)25-13-2-3-20(23)22-12-10-17-6-7-18(15-22)21-17;/h4-5,8-9,17-18,21H,2-3,6-7,10-15H2,1H3;1H. The molecule has 2 bridgehead atoms. The highest BCUT2D eigenvalue weighted by Crippen LogP contribution is 2.21. The number of likely N-dealkylation sites (tertiary alicyclic amines) is 1. The van der Waals surface area contributed by atoms with E-state index in [0.717, 1.165) is 44.7 Å². The first-order valence-electron chi connectivity index (χ1n) is 9.49. The molecule has 2 fully saturated rings. The Bertz CT molecular complexity index is 552. The van der Waals surface area contributed by atoms with Crippen molar-refractivity contribution in [1.29, 1.82) is 0 Å². The van der Waals surface area contributed by atoms with Crippen molar-refractivity contribution in [2.75, 3.05) is 33.4 Å². The SMILES string of the molecule is COCCc1ccc(OCCCC(=O)N2CCC3CCC(C2)N3)cc1.Cl. The molecule has 0 aromatic heterocycles. The van der Waals surface area contributed by atoms with Crippen molar-refractivity contribution in [3.8, 4) is 5.75 Å². The molecule has 0 spiro atoms. The van der Waals surface area contributed by atoms with E-state index in [0.29, 0.717) is 25.1 Å². The summed E-state index contributed by atoms with van der Waals surface area (Å²) in [6, 6.07) is 9.24. The van der Waals surface area contributed by atoms with Crippen LogP contribution in [0.5, 0.6) is 5.75 Å². The Morgan fingerprint density at radius 1 is 1.15 bits per heavy atom. The van der Waals surface area contributed by atoms with Crippen LogP contribution < -0.4 is 10.1 Å². The maximum absolute atomic E-state index is 12.4. The predicted molar refractivity (Wildman–Crippen MR) is 105 cm³/mol. The van der Waals surface area contributed by atoms with Gasteiger partial charge in [-0.25, -0.2) is 0 Å². The van der Waals surface area contributed by atoms with Gasteiger partial charge in [0.1, 0.15) is 5.75 Å². The molecule has 5 nitrogen and oxygen atoms in total. The highest BCUT2D eigenvalue weighted by Gasteiger charge is 2.30. The van der Waals surface area contributed by atoms with Gasteiger partial charge in [-0.1, -0.05) is 12.1 Å². The first kappa shape index (κ1) is 21.0. The van der Waals surface area contributed by atoms with Gasteiger partial charge in [0.2, 0.25) is 5.91 Å². The lowest BCUT2D eigenvalue weighted by Crippen LogP contribution is -2.39. The summed E-state index contributed by atoms with van der Waals surface area (Å²) in [7, 11) is 1.71. The summed E-state index contributed by atoms with van der Waals surface area (Å²) in [5.41, 5.74) is 1.24. The van der Waals surface area contributed by atoms with Crippen LogP contribution in [0.2, 0.25) is 0 Å². The summed E-state index contributed by atoms with van der Waals surface area (Å²) in [5, 5.41) is 3.62. The molecule has 146 valence electrons. The molecule has 2 unspecified atom stereocenters. The van der Waals surface area contributed by atoms with Crippen LogP contribution in [0.25, 0.3) is 0 Å². The molecular formula is C20H31ClN2O3. The van der Waals surface area contributed by atoms with E-state index in [1.54, 1.807) is 7.11 Å². The average Bonchev–Trinajstić information content (AvgIpc) is 2.96. The van der Waals surface area contributed by atoms with Gasteiger partial charge in [-0.3, -0.25) is 4.79 Å². The number of amides is 1. The van der Waals surface area contributed by atoms with Crippen molar-refractivity contribution >= 4 is 18.3 Å².